The Labute approximate surface area is 103 Å². The highest BCUT2D eigenvalue weighted by molar-refractivity contribution is 5.56. The first-order valence-electron chi connectivity index (χ1n) is 6.11. The third kappa shape index (κ3) is 2.98. The maximum absolute atomic E-state index is 5.85. The summed E-state index contributed by atoms with van der Waals surface area (Å²) in [5.74, 6) is 1.96. The largest absolute Gasteiger partial charge is 0.460 e. The Morgan fingerprint density at radius 2 is 1.76 bits per heavy atom. The van der Waals surface area contributed by atoms with E-state index in [9.17, 15) is 0 Å². The number of hydrogen-bond donors (Lipinski definition) is 0. The minimum Gasteiger partial charge on any atom is -0.460 e. The van der Waals surface area contributed by atoms with Gasteiger partial charge in [0.15, 0.2) is 0 Å². The lowest BCUT2D eigenvalue weighted by Gasteiger charge is -2.15. The Morgan fingerprint density at radius 1 is 1.06 bits per heavy atom. The normalized spacial score (nSPS) is 11.0. The van der Waals surface area contributed by atoms with Gasteiger partial charge in [0.25, 0.3) is 0 Å². The molecule has 0 amide bonds. The second-order valence-electron chi connectivity index (χ2n) is 4.02. The first-order valence-corrected chi connectivity index (χ1v) is 6.11. The van der Waals surface area contributed by atoms with Crippen molar-refractivity contribution in [1.29, 1.82) is 0 Å². The van der Waals surface area contributed by atoms with Crippen LogP contribution in [0.3, 0.4) is 0 Å². The van der Waals surface area contributed by atoms with Crippen LogP contribution in [-0.4, -0.2) is 18.0 Å². The van der Waals surface area contributed by atoms with Crippen molar-refractivity contribution < 1.29 is 4.42 Å². The van der Waals surface area contributed by atoms with Gasteiger partial charge in [-0.05, 0) is 31.3 Å². The van der Waals surface area contributed by atoms with Crippen molar-refractivity contribution in [2.45, 2.75) is 20.4 Å². The molecule has 89 valence electrons. The molecule has 0 saturated carbocycles. The molecule has 1 radical (unpaired) electrons. The third-order valence-electron chi connectivity index (χ3n) is 2.94. The lowest BCUT2D eigenvalue weighted by molar-refractivity contribution is 0.270. The van der Waals surface area contributed by atoms with Gasteiger partial charge in [0.05, 0.1) is 6.54 Å². The van der Waals surface area contributed by atoms with Crippen molar-refractivity contribution in [1.82, 2.24) is 4.90 Å². The van der Waals surface area contributed by atoms with Crippen LogP contribution in [0.4, 0.5) is 0 Å². The fraction of sp³-hybridized carbons (Fsp3) is 0.333. The topological polar surface area (TPSA) is 16.4 Å². The average Bonchev–Trinajstić information content (AvgIpc) is 2.85. The van der Waals surface area contributed by atoms with E-state index in [1.807, 2.05) is 30.3 Å². The van der Waals surface area contributed by atoms with E-state index >= 15 is 0 Å². The Balaban J connectivity index is 2.11. The molecular weight excluding hydrogens is 210 g/mol. The minimum atomic E-state index is 0.881. The summed E-state index contributed by atoms with van der Waals surface area (Å²) in [6.45, 7) is 7.31. The highest BCUT2D eigenvalue weighted by Gasteiger charge is 2.07. The fourth-order valence-corrected chi connectivity index (χ4v) is 1.84. The molecule has 0 fully saturated rings. The molecule has 1 aromatic carbocycles. The van der Waals surface area contributed by atoms with E-state index < -0.39 is 0 Å². The number of hydrogen-bond acceptors (Lipinski definition) is 2. The molecule has 0 saturated heterocycles. The van der Waals surface area contributed by atoms with Gasteiger partial charge in [-0.2, -0.15) is 0 Å². The fourth-order valence-electron chi connectivity index (χ4n) is 1.84. The van der Waals surface area contributed by atoms with Crippen molar-refractivity contribution in [3.8, 4) is 11.3 Å². The molecule has 0 unspecified atom stereocenters. The van der Waals surface area contributed by atoms with Gasteiger partial charge in [-0.25, -0.2) is 0 Å². The van der Waals surface area contributed by atoms with Gasteiger partial charge < -0.3 is 4.42 Å². The van der Waals surface area contributed by atoms with Crippen LogP contribution in [-0.2, 0) is 6.54 Å². The molecule has 0 aliphatic rings. The summed E-state index contributed by atoms with van der Waals surface area (Å²) in [6.07, 6.45) is 0. The number of rotatable bonds is 5. The van der Waals surface area contributed by atoms with Crippen LogP contribution < -0.4 is 0 Å². The number of nitrogens with zero attached hydrogens (tertiary/aromatic N) is 1. The lowest BCUT2D eigenvalue weighted by atomic mass is 10.2. The summed E-state index contributed by atoms with van der Waals surface area (Å²) in [4.78, 5) is 2.33. The SMILES string of the molecule is CCN(CC)Cc1ccc(-c2cc[c]cc2)o1. The Kier molecular flexibility index (Phi) is 3.99. The lowest BCUT2D eigenvalue weighted by Crippen LogP contribution is -2.21. The molecule has 1 aromatic heterocycles. The predicted molar refractivity (Wildman–Crippen MR) is 69.6 cm³/mol. The van der Waals surface area contributed by atoms with Gasteiger partial charge in [0.2, 0.25) is 0 Å². The van der Waals surface area contributed by atoms with E-state index in [0.717, 1.165) is 36.7 Å². The van der Waals surface area contributed by atoms with Gasteiger partial charge in [-0.3, -0.25) is 4.90 Å². The molecular formula is C15H18NO. The highest BCUT2D eigenvalue weighted by atomic mass is 16.3. The molecule has 2 rings (SSSR count). The van der Waals surface area contributed by atoms with E-state index in [4.69, 9.17) is 4.42 Å². The van der Waals surface area contributed by atoms with Gasteiger partial charge in [-0.15, -0.1) is 0 Å². The average molecular weight is 228 g/mol. The zero-order valence-corrected chi connectivity index (χ0v) is 10.4. The monoisotopic (exact) mass is 228 g/mol. The van der Waals surface area contributed by atoms with Crippen LogP contribution in [0.25, 0.3) is 11.3 Å². The molecule has 0 atom stereocenters. The van der Waals surface area contributed by atoms with Crippen molar-refractivity contribution in [3.63, 3.8) is 0 Å². The molecule has 0 spiro atoms. The zero-order valence-electron chi connectivity index (χ0n) is 10.4. The second kappa shape index (κ2) is 5.69. The minimum absolute atomic E-state index is 0.881. The summed E-state index contributed by atoms with van der Waals surface area (Å²) in [7, 11) is 0. The van der Waals surface area contributed by atoms with Crippen molar-refractivity contribution >= 4 is 0 Å². The van der Waals surface area contributed by atoms with Crippen molar-refractivity contribution in [3.05, 3.63) is 48.2 Å². The first-order chi connectivity index (χ1) is 8.33. The van der Waals surface area contributed by atoms with E-state index in [2.05, 4.69) is 30.9 Å². The molecule has 17 heavy (non-hydrogen) atoms. The predicted octanol–water partition coefficient (Wildman–Crippen LogP) is 3.59. The van der Waals surface area contributed by atoms with E-state index in [1.54, 1.807) is 0 Å². The summed E-state index contributed by atoms with van der Waals surface area (Å²) < 4.78 is 5.85. The zero-order chi connectivity index (χ0) is 12.1. The third-order valence-corrected chi connectivity index (χ3v) is 2.94. The maximum Gasteiger partial charge on any atom is 0.134 e. The van der Waals surface area contributed by atoms with Crippen molar-refractivity contribution in [2.24, 2.45) is 0 Å². The molecule has 0 aliphatic heterocycles. The first kappa shape index (κ1) is 11.9. The molecule has 0 bridgehead atoms. The quantitative estimate of drug-likeness (QED) is 0.777. The molecule has 2 nitrogen and oxygen atoms in total. The number of benzene rings is 1. The van der Waals surface area contributed by atoms with Crippen LogP contribution >= 0.6 is 0 Å². The highest BCUT2D eigenvalue weighted by Crippen LogP contribution is 2.22. The van der Waals surface area contributed by atoms with Crippen molar-refractivity contribution in [2.75, 3.05) is 13.1 Å². The Morgan fingerprint density at radius 3 is 2.41 bits per heavy atom. The molecule has 2 heteroatoms. The molecule has 2 aromatic rings. The van der Waals surface area contributed by atoms with Gasteiger partial charge in [-0.1, -0.05) is 38.1 Å². The summed E-state index contributed by atoms with van der Waals surface area (Å²) in [5.41, 5.74) is 1.11. The Bertz CT molecular complexity index is 443. The van der Waals surface area contributed by atoms with Crippen LogP contribution in [0.5, 0.6) is 0 Å². The molecule has 0 N–H and O–H groups in total. The molecule has 0 aliphatic carbocycles. The molecule has 1 heterocycles. The van der Waals surface area contributed by atoms with Gasteiger partial charge in [0, 0.05) is 5.56 Å². The maximum atomic E-state index is 5.85. The summed E-state index contributed by atoms with van der Waals surface area (Å²) >= 11 is 0. The standard InChI is InChI=1S/C15H18NO/c1-3-16(4-2)12-14-10-11-15(17-14)13-8-6-5-7-9-13/h6-11H,3-4,12H2,1-2H3. The second-order valence-corrected chi connectivity index (χ2v) is 4.02. The van der Waals surface area contributed by atoms with E-state index in [-0.39, 0.29) is 0 Å². The van der Waals surface area contributed by atoms with Crippen LogP contribution in [0.2, 0.25) is 0 Å². The van der Waals surface area contributed by atoms with E-state index in [0.29, 0.717) is 0 Å². The number of furan rings is 1. The van der Waals surface area contributed by atoms with Crippen LogP contribution in [0.15, 0.2) is 40.8 Å². The smallest absolute Gasteiger partial charge is 0.134 e. The Hall–Kier alpha value is -1.54. The summed E-state index contributed by atoms with van der Waals surface area (Å²) in [5, 5.41) is 0. The van der Waals surface area contributed by atoms with E-state index in [1.165, 1.54) is 0 Å². The van der Waals surface area contributed by atoms with Gasteiger partial charge >= 0.3 is 0 Å². The summed E-state index contributed by atoms with van der Waals surface area (Å²) in [6, 6.07) is 14.9. The van der Waals surface area contributed by atoms with Crippen LogP contribution in [0, 0.1) is 6.07 Å². The van der Waals surface area contributed by atoms with Crippen LogP contribution in [0.1, 0.15) is 19.6 Å². The van der Waals surface area contributed by atoms with Gasteiger partial charge in [0.1, 0.15) is 11.5 Å².